The molecule has 3 N–H and O–H groups in total. The second-order valence-electron chi connectivity index (χ2n) is 7.04. The van der Waals surface area contributed by atoms with Crippen LogP contribution >= 0.6 is 12.4 Å². The molecule has 1 aromatic carbocycles. The van der Waals surface area contributed by atoms with Crippen molar-refractivity contribution < 1.29 is 13.2 Å². The van der Waals surface area contributed by atoms with Crippen molar-refractivity contribution in [3.63, 3.8) is 0 Å². The second-order valence-corrected chi connectivity index (χ2v) is 8.75. The van der Waals surface area contributed by atoms with E-state index < -0.39 is 10.0 Å². The van der Waals surface area contributed by atoms with E-state index in [9.17, 15) is 13.2 Å². The van der Waals surface area contributed by atoms with Gasteiger partial charge in [0.25, 0.3) is 0 Å². The maximum atomic E-state index is 12.1. The van der Waals surface area contributed by atoms with Crippen molar-refractivity contribution >= 4 is 28.3 Å². The van der Waals surface area contributed by atoms with E-state index in [1.165, 1.54) is 6.42 Å². The molecule has 0 bridgehead atoms. The van der Waals surface area contributed by atoms with Crippen LogP contribution in [0.3, 0.4) is 0 Å². The Bertz CT molecular complexity index is 684. The lowest BCUT2D eigenvalue weighted by Gasteiger charge is -2.10. The zero-order chi connectivity index (χ0) is 17.7. The third-order valence-electron chi connectivity index (χ3n) is 4.81. The van der Waals surface area contributed by atoms with Crippen LogP contribution in [0.15, 0.2) is 29.2 Å². The average Bonchev–Trinajstić information content (AvgIpc) is 3.23. The number of sulfonamides is 1. The topological polar surface area (TPSA) is 87.3 Å². The molecule has 1 aliphatic heterocycles. The first kappa shape index (κ1) is 21.2. The summed E-state index contributed by atoms with van der Waals surface area (Å²) in [6.07, 6.45) is 5.11. The summed E-state index contributed by atoms with van der Waals surface area (Å²) in [5.74, 6) is 0.733. The molecule has 2 aliphatic rings. The molecule has 1 saturated carbocycles. The van der Waals surface area contributed by atoms with Gasteiger partial charge in [0.15, 0.2) is 0 Å². The number of amides is 1. The van der Waals surface area contributed by atoms with E-state index in [-0.39, 0.29) is 29.3 Å². The molecule has 1 atom stereocenters. The van der Waals surface area contributed by atoms with Gasteiger partial charge in [-0.05, 0) is 68.8 Å². The quantitative estimate of drug-likeness (QED) is 0.586. The Hall–Kier alpha value is -1.15. The summed E-state index contributed by atoms with van der Waals surface area (Å²) in [6.45, 7) is 2.87. The maximum absolute atomic E-state index is 12.1. The van der Waals surface area contributed by atoms with Crippen molar-refractivity contribution in [3.8, 4) is 0 Å². The van der Waals surface area contributed by atoms with Crippen LogP contribution in [0.1, 0.15) is 37.7 Å². The fourth-order valence-corrected chi connectivity index (χ4v) is 4.35. The van der Waals surface area contributed by atoms with Gasteiger partial charge in [-0.1, -0.05) is 12.1 Å². The van der Waals surface area contributed by atoms with Crippen LogP contribution in [0.2, 0.25) is 0 Å². The maximum Gasteiger partial charge on any atom is 0.240 e. The number of hydrogen-bond acceptors (Lipinski definition) is 4. The number of carbonyl (C=O) groups is 1. The third-order valence-corrected chi connectivity index (χ3v) is 6.35. The monoisotopic (exact) mass is 401 g/mol. The van der Waals surface area contributed by atoms with Gasteiger partial charge in [0.1, 0.15) is 0 Å². The number of aryl methyl sites for hydroxylation is 1. The molecule has 3 rings (SSSR count). The highest BCUT2D eigenvalue weighted by atomic mass is 35.5. The van der Waals surface area contributed by atoms with Gasteiger partial charge in [0.2, 0.25) is 15.9 Å². The highest BCUT2D eigenvalue weighted by Crippen LogP contribution is 2.22. The van der Waals surface area contributed by atoms with Gasteiger partial charge in [-0.25, -0.2) is 13.1 Å². The predicted octanol–water partition coefficient (Wildman–Crippen LogP) is 1.60. The van der Waals surface area contributed by atoms with E-state index in [1.54, 1.807) is 24.3 Å². The summed E-state index contributed by atoms with van der Waals surface area (Å²) in [7, 11) is -3.40. The van der Waals surface area contributed by atoms with Gasteiger partial charge in [-0.2, -0.15) is 0 Å². The minimum Gasteiger partial charge on any atom is -0.356 e. The highest BCUT2D eigenvalue weighted by molar-refractivity contribution is 7.89. The molecule has 6 nitrogen and oxygen atoms in total. The molecule has 1 aliphatic carbocycles. The lowest BCUT2D eigenvalue weighted by atomic mass is 10.1. The highest BCUT2D eigenvalue weighted by Gasteiger charge is 2.27. The predicted molar refractivity (Wildman–Crippen MR) is 104 cm³/mol. The number of rotatable bonds is 9. The van der Waals surface area contributed by atoms with Crippen LogP contribution in [0.4, 0.5) is 0 Å². The summed E-state index contributed by atoms with van der Waals surface area (Å²) in [5, 5.41) is 6.30. The number of nitrogens with one attached hydrogen (secondary N) is 3. The zero-order valence-electron chi connectivity index (χ0n) is 14.9. The van der Waals surface area contributed by atoms with Crippen molar-refractivity contribution in [3.05, 3.63) is 29.8 Å². The molecule has 0 radical (unpaired) electrons. The first-order chi connectivity index (χ1) is 12.0. The standard InChI is InChI=1S/C18H27N3O3S.ClH/c22-18(20-12-10-15-9-11-19-13-15)8-3-14-1-6-17(7-2-14)25(23,24)21-16-4-5-16;/h1-2,6-7,15-16,19,21H,3-5,8-13H2,(H,20,22);1H. The molecule has 2 fully saturated rings. The van der Waals surface area contributed by atoms with Gasteiger partial charge >= 0.3 is 0 Å². The molecular weight excluding hydrogens is 374 g/mol. The summed E-state index contributed by atoms with van der Waals surface area (Å²) < 4.78 is 26.9. The Morgan fingerprint density at radius 2 is 1.88 bits per heavy atom. The molecule has 1 heterocycles. The van der Waals surface area contributed by atoms with E-state index in [2.05, 4.69) is 15.4 Å². The SMILES string of the molecule is Cl.O=C(CCc1ccc(S(=O)(=O)NC2CC2)cc1)NCCC1CCNC1. The van der Waals surface area contributed by atoms with Crippen LogP contribution < -0.4 is 15.4 Å². The molecule has 8 heteroatoms. The normalized spacial score (nSPS) is 19.8. The van der Waals surface area contributed by atoms with Crippen LogP contribution in [0.25, 0.3) is 0 Å². The fourth-order valence-electron chi connectivity index (χ4n) is 3.05. The molecule has 0 spiro atoms. The van der Waals surface area contributed by atoms with Crippen LogP contribution in [-0.4, -0.2) is 40.0 Å². The summed E-state index contributed by atoms with van der Waals surface area (Å²) >= 11 is 0. The third kappa shape index (κ3) is 6.54. The van der Waals surface area contributed by atoms with Gasteiger partial charge < -0.3 is 10.6 Å². The lowest BCUT2D eigenvalue weighted by molar-refractivity contribution is -0.121. The number of halogens is 1. The first-order valence-electron chi connectivity index (χ1n) is 9.11. The minimum absolute atomic E-state index is 0. The number of carbonyl (C=O) groups excluding carboxylic acids is 1. The largest absolute Gasteiger partial charge is 0.356 e. The summed E-state index contributed by atoms with van der Waals surface area (Å²) in [5.41, 5.74) is 0.973. The summed E-state index contributed by atoms with van der Waals surface area (Å²) in [6, 6.07) is 6.92. The van der Waals surface area contributed by atoms with E-state index in [0.29, 0.717) is 18.8 Å². The van der Waals surface area contributed by atoms with E-state index in [0.717, 1.165) is 44.5 Å². The fraction of sp³-hybridized carbons (Fsp3) is 0.611. The van der Waals surface area contributed by atoms with Gasteiger partial charge in [0.05, 0.1) is 4.90 Å². The van der Waals surface area contributed by atoms with E-state index in [4.69, 9.17) is 0 Å². The molecule has 0 aromatic heterocycles. The van der Waals surface area contributed by atoms with E-state index in [1.807, 2.05) is 0 Å². The first-order valence-corrected chi connectivity index (χ1v) is 10.6. The van der Waals surface area contributed by atoms with Gasteiger partial charge in [-0.3, -0.25) is 4.79 Å². The number of hydrogen-bond donors (Lipinski definition) is 3. The van der Waals surface area contributed by atoms with Crippen molar-refractivity contribution in [1.82, 2.24) is 15.4 Å². The molecule has 1 amide bonds. The van der Waals surface area contributed by atoms with Crippen LogP contribution in [-0.2, 0) is 21.2 Å². The van der Waals surface area contributed by atoms with Crippen LogP contribution in [0, 0.1) is 5.92 Å². The Balaban J connectivity index is 0.00000243. The van der Waals surface area contributed by atoms with Gasteiger partial charge in [0, 0.05) is 19.0 Å². The number of benzene rings is 1. The molecule has 1 unspecified atom stereocenters. The molecular formula is C18H28ClN3O3S. The van der Waals surface area contributed by atoms with Crippen molar-refractivity contribution in [2.24, 2.45) is 5.92 Å². The second kappa shape index (κ2) is 9.69. The summed E-state index contributed by atoms with van der Waals surface area (Å²) in [4.78, 5) is 12.2. The Morgan fingerprint density at radius 3 is 2.50 bits per heavy atom. The molecule has 146 valence electrons. The smallest absolute Gasteiger partial charge is 0.240 e. The Kier molecular flexibility index (Phi) is 7.88. The van der Waals surface area contributed by atoms with Crippen molar-refractivity contribution in [2.75, 3.05) is 19.6 Å². The molecule has 26 heavy (non-hydrogen) atoms. The lowest BCUT2D eigenvalue weighted by Crippen LogP contribution is -2.26. The Labute approximate surface area is 162 Å². The minimum atomic E-state index is -3.40. The average molecular weight is 402 g/mol. The molecule has 1 saturated heterocycles. The van der Waals surface area contributed by atoms with Gasteiger partial charge in [-0.15, -0.1) is 12.4 Å². The molecule has 1 aromatic rings. The Morgan fingerprint density at radius 1 is 1.15 bits per heavy atom. The van der Waals surface area contributed by atoms with Crippen LogP contribution in [0.5, 0.6) is 0 Å². The van der Waals surface area contributed by atoms with Crippen molar-refractivity contribution in [2.45, 2.75) is 49.5 Å². The zero-order valence-corrected chi connectivity index (χ0v) is 16.5. The van der Waals surface area contributed by atoms with E-state index >= 15 is 0 Å². The van der Waals surface area contributed by atoms with Crippen molar-refractivity contribution in [1.29, 1.82) is 0 Å².